The van der Waals surface area contributed by atoms with E-state index < -0.39 is 32.2 Å². The molecule has 0 radical (unpaired) electrons. The average molecular weight is 311 g/mol. The number of sulfonamides is 1. The fourth-order valence-corrected chi connectivity index (χ4v) is 2.30. The van der Waals surface area contributed by atoms with E-state index in [2.05, 4.69) is 10.3 Å². The van der Waals surface area contributed by atoms with Crippen LogP contribution in [0, 0.1) is 5.82 Å². The van der Waals surface area contributed by atoms with Gasteiger partial charge in [0.25, 0.3) is 5.91 Å². The molecule has 0 fully saturated rings. The third kappa shape index (κ3) is 3.52. The van der Waals surface area contributed by atoms with Crippen LogP contribution in [0.15, 0.2) is 46.2 Å². The second kappa shape index (κ2) is 5.46. The van der Waals surface area contributed by atoms with E-state index in [1.165, 1.54) is 12.3 Å². The molecule has 0 unspecified atom stereocenters. The number of H-pyrrole nitrogens is 1. The van der Waals surface area contributed by atoms with Gasteiger partial charge >= 0.3 is 0 Å². The molecular weight excluding hydrogens is 301 g/mol. The highest BCUT2D eigenvalue weighted by Gasteiger charge is 2.17. The van der Waals surface area contributed by atoms with Gasteiger partial charge in [-0.15, -0.1) is 0 Å². The molecule has 0 saturated heterocycles. The minimum Gasteiger partial charge on any atom is -0.329 e. The lowest BCUT2D eigenvalue weighted by atomic mass is 10.2. The highest BCUT2D eigenvalue weighted by Crippen LogP contribution is 2.21. The van der Waals surface area contributed by atoms with Gasteiger partial charge in [0.05, 0.1) is 5.69 Å². The molecule has 2 rings (SSSR count). The van der Waals surface area contributed by atoms with Crippen LogP contribution in [-0.2, 0) is 10.0 Å². The summed E-state index contributed by atoms with van der Waals surface area (Å²) in [7, 11) is -4.14. The number of benzene rings is 1. The zero-order chi connectivity index (χ0) is 15.6. The van der Waals surface area contributed by atoms with Crippen LogP contribution >= 0.6 is 0 Å². The molecule has 1 amide bonds. The molecule has 0 saturated carbocycles. The first kappa shape index (κ1) is 14.9. The van der Waals surface area contributed by atoms with Crippen LogP contribution in [-0.4, -0.2) is 19.3 Å². The summed E-state index contributed by atoms with van der Waals surface area (Å²) < 4.78 is 36.0. The number of rotatable bonds is 3. The number of carbonyl (C=O) groups excluding carboxylic acids is 1. The van der Waals surface area contributed by atoms with Crippen LogP contribution in [0.5, 0.6) is 0 Å². The first-order chi connectivity index (χ1) is 9.77. The number of carbonyl (C=O) groups is 1. The van der Waals surface area contributed by atoms with Gasteiger partial charge in [0.15, 0.2) is 0 Å². The largest absolute Gasteiger partial charge is 0.329 e. The third-order valence-corrected chi connectivity index (χ3v) is 3.50. The van der Waals surface area contributed by atoms with Gasteiger partial charge in [-0.05, 0) is 24.3 Å². The number of aromatic amines is 1. The summed E-state index contributed by atoms with van der Waals surface area (Å²) in [5.74, 6) is -1.51. The summed E-state index contributed by atoms with van der Waals surface area (Å²) in [6.07, 6.45) is 1.25. The van der Waals surface area contributed by atoms with Gasteiger partial charge in [0, 0.05) is 17.8 Å². The smallest absolute Gasteiger partial charge is 0.255 e. The van der Waals surface area contributed by atoms with Crippen molar-refractivity contribution in [1.29, 1.82) is 0 Å². The van der Waals surface area contributed by atoms with Gasteiger partial charge in [0.1, 0.15) is 10.7 Å². The number of nitrogens with two attached hydrogens (primary N) is 1. The van der Waals surface area contributed by atoms with Crippen molar-refractivity contribution >= 4 is 21.6 Å². The molecule has 0 spiro atoms. The summed E-state index contributed by atoms with van der Waals surface area (Å²) in [6, 6.07) is 5.00. The summed E-state index contributed by atoms with van der Waals surface area (Å²) in [5, 5.41) is 7.20. The Bertz CT molecular complexity index is 861. The normalized spacial score (nSPS) is 11.1. The number of anilines is 1. The molecule has 9 heteroatoms. The minimum absolute atomic E-state index is 0.0108. The van der Waals surface area contributed by atoms with E-state index >= 15 is 0 Å². The molecular formula is C12H10FN3O4S. The topological polar surface area (TPSA) is 122 Å². The Balaban J connectivity index is 2.42. The average Bonchev–Trinajstić information content (AvgIpc) is 2.37. The molecule has 2 aromatic rings. The molecule has 0 aliphatic rings. The highest BCUT2D eigenvalue weighted by atomic mass is 32.2. The van der Waals surface area contributed by atoms with Crippen molar-refractivity contribution < 1.29 is 17.6 Å². The summed E-state index contributed by atoms with van der Waals surface area (Å²) >= 11 is 0. The van der Waals surface area contributed by atoms with E-state index in [0.717, 1.165) is 24.3 Å². The van der Waals surface area contributed by atoms with Crippen LogP contribution in [0.4, 0.5) is 10.1 Å². The SMILES string of the molecule is NS(=O)(=O)c1ccc(F)cc1NC(=O)c1cc[nH]c(=O)c1. The Morgan fingerprint density at radius 2 is 1.95 bits per heavy atom. The lowest BCUT2D eigenvalue weighted by molar-refractivity contribution is 0.102. The minimum atomic E-state index is -4.14. The standard InChI is InChI=1S/C12H10FN3O4S/c13-8-1-2-10(21(14,19)20)9(6-8)16-12(18)7-3-4-15-11(17)5-7/h1-6H,(H,15,17)(H,16,18)(H2,14,19,20). The Labute approximate surface area is 118 Å². The Morgan fingerprint density at radius 1 is 1.24 bits per heavy atom. The molecule has 7 nitrogen and oxygen atoms in total. The van der Waals surface area contributed by atoms with Gasteiger partial charge in [-0.1, -0.05) is 0 Å². The van der Waals surface area contributed by atoms with Crippen molar-refractivity contribution in [3.63, 3.8) is 0 Å². The maximum absolute atomic E-state index is 13.2. The molecule has 0 atom stereocenters. The van der Waals surface area contributed by atoms with Crippen LogP contribution < -0.4 is 16.0 Å². The molecule has 0 bridgehead atoms. The Kier molecular flexibility index (Phi) is 3.87. The van der Waals surface area contributed by atoms with Gasteiger partial charge < -0.3 is 10.3 Å². The van der Waals surface area contributed by atoms with Crippen LogP contribution in [0.2, 0.25) is 0 Å². The molecule has 21 heavy (non-hydrogen) atoms. The number of hydrogen-bond donors (Lipinski definition) is 3. The van der Waals surface area contributed by atoms with Gasteiger partial charge in [-0.25, -0.2) is 17.9 Å². The maximum Gasteiger partial charge on any atom is 0.255 e. The maximum atomic E-state index is 13.2. The highest BCUT2D eigenvalue weighted by molar-refractivity contribution is 7.89. The number of pyridine rings is 1. The van der Waals surface area contributed by atoms with Crippen molar-refractivity contribution in [2.24, 2.45) is 5.14 Å². The molecule has 1 aromatic heterocycles. The van der Waals surface area contributed by atoms with E-state index in [1.54, 1.807) is 0 Å². The van der Waals surface area contributed by atoms with E-state index in [1.807, 2.05) is 0 Å². The summed E-state index contributed by atoms with van der Waals surface area (Å²) in [5.41, 5.74) is -0.820. The summed E-state index contributed by atoms with van der Waals surface area (Å²) in [4.78, 5) is 24.9. The van der Waals surface area contributed by atoms with Crippen molar-refractivity contribution in [3.8, 4) is 0 Å². The van der Waals surface area contributed by atoms with E-state index in [-0.39, 0.29) is 11.3 Å². The third-order valence-electron chi connectivity index (χ3n) is 2.53. The van der Waals surface area contributed by atoms with Gasteiger partial charge in [-0.3, -0.25) is 9.59 Å². The van der Waals surface area contributed by atoms with E-state index in [9.17, 15) is 22.4 Å². The van der Waals surface area contributed by atoms with Crippen molar-refractivity contribution in [1.82, 2.24) is 4.98 Å². The first-order valence-electron chi connectivity index (χ1n) is 5.60. The lowest BCUT2D eigenvalue weighted by Gasteiger charge is -2.09. The molecule has 0 aliphatic carbocycles. The molecule has 110 valence electrons. The molecule has 0 aliphatic heterocycles. The second-order valence-corrected chi connectivity index (χ2v) is 5.61. The predicted molar refractivity (Wildman–Crippen MR) is 72.8 cm³/mol. The van der Waals surface area contributed by atoms with Gasteiger partial charge in [0.2, 0.25) is 15.6 Å². The summed E-state index contributed by atoms with van der Waals surface area (Å²) in [6.45, 7) is 0. The van der Waals surface area contributed by atoms with Crippen LogP contribution in [0.3, 0.4) is 0 Å². The fourth-order valence-electron chi connectivity index (χ4n) is 1.63. The number of primary sulfonamides is 1. The number of hydrogen-bond acceptors (Lipinski definition) is 4. The number of nitrogens with one attached hydrogen (secondary N) is 2. The number of aromatic nitrogens is 1. The zero-order valence-corrected chi connectivity index (χ0v) is 11.3. The molecule has 4 N–H and O–H groups in total. The number of amides is 1. The second-order valence-electron chi connectivity index (χ2n) is 4.08. The zero-order valence-electron chi connectivity index (χ0n) is 10.5. The molecule has 1 heterocycles. The van der Waals surface area contributed by atoms with Crippen molar-refractivity contribution in [2.75, 3.05) is 5.32 Å². The fraction of sp³-hybridized carbons (Fsp3) is 0. The van der Waals surface area contributed by atoms with Crippen LogP contribution in [0.1, 0.15) is 10.4 Å². The van der Waals surface area contributed by atoms with Gasteiger partial charge in [-0.2, -0.15) is 0 Å². The van der Waals surface area contributed by atoms with Crippen LogP contribution in [0.25, 0.3) is 0 Å². The van der Waals surface area contributed by atoms with E-state index in [0.29, 0.717) is 0 Å². The first-order valence-corrected chi connectivity index (χ1v) is 7.14. The van der Waals surface area contributed by atoms with Crippen molar-refractivity contribution in [3.05, 3.63) is 58.3 Å². The van der Waals surface area contributed by atoms with E-state index in [4.69, 9.17) is 5.14 Å². The van der Waals surface area contributed by atoms with Crippen molar-refractivity contribution in [2.45, 2.75) is 4.90 Å². The Hall–Kier alpha value is -2.52. The quantitative estimate of drug-likeness (QED) is 0.760. The lowest BCUT2D eigenvalue weighted by Crippen LogP contribution is -2.20. The monoisotopic (exact) mass is 311 g/mol. The number of halogens is 1. The molecule has 1 aromatic carbocycles. The predicted octanol–water partition coefficient (Wildman–Crippen LogP) is 0.414. The Morgan fingerprint density at radius 3 is 2.57 bits per heavy atom.